The van der Waals surface area contributed by atoms with Gasteiger partial charge in [0.2, 0.25) is 0 Å². The molecule has 0 spiro atoms. The zero-order chi connectivity index (χ0) is 14.9. The molecule has 0 saturated heterocycles. The Morgan fingerprint density at radius 2 is 2.19 bits per heavy atom. The molecule has 0 unspecified atom stereocenters. The molecule has 0 aliphatic rings. The summed E-state index contributed by atoms with van der Waals surface area (Å²) in [7, 11) is 0. The molecule has 6 heteroatoms. The quantitative estimate of drug-likeness (QED) is 0.649. The van der Waals surface area contributed by atoms with Gasteiger partial charge in [0.15, 0.2) is 9.91 Å². The molecule has 1 heterocycles. The fourth-order valence-corrected chi connectivity index (χ4v) is 3.24. The minimum absolute atomic E-state index is 0.570. The summed E-state index contributed by atoms with van der Waals surface area (Å²) < 4.78 is 2.12. The predicted molar refractivity (Wildman–Crippen MR) is 97.0 cm³/mol. The molecular weight excluding hydrogens is 318 g/mol. The van der Waals surface area contributed by atoms with E-state index in [9.17, 15) is 0 Å². The lowest BCUT2D eigenvalue weighted by molar-refractivity contribution is 0.768. The molecule has 1 aromatic carbocycles. The van der Waals surface area contributed by atoms with Crippen LogP contribution in [-0.2, 0) is 6.54 Å². The summed E-state index contributed by atoms with van der Waals surface area (Å²) in [5, 5.41) is 5.80. The molecule has 2 rings (SSSR count). The van der Waals surface area contributed by atoms with Crippen LogP contribution in [0.25, 0.3) is 0 Å². The lowest BCUT2D eigenvalue weighted by Gasteiger charge is -2.04. The van der Waals surface area contributed by atoms with Gasteiger partial charge in [-0.1, -0.05) is 30.3 Å². The maximum absolute atomic E-state index is 5.28. The number of hydrogen-bond acceptors (Lipinski definition) is 3. The normalized spacial score (nSPS) is 11.6. The van der Waals surface area contributed by atoms with Gasteiger partial charge in [0.1, 0.15) is 0 Å². The van der Waals surface area contributed by atoms with Crippen LogP contribution in [0.3, 0.4) is 0 Å². The molecule has 0 bridgehead atoms. The van der Waals surface area contributed by atoms with Crippen LogP contribution in [0, 0.1) is 0 Å². The van der Waals surface area contributed by atoms with Crippen LogP contribution in [0.1, 0.15) is 12.0 Å². The lowest BCUT2D eigenvalue weighted by Crippen LogP contribution is -2.25. The van der Waals surface area contributed by atoms with Crippen molar-refractivity contribution in [2.45, 2.75) is 13.0 Å². The summed E-state index contributed by atoms with van der Waals surface area (Å²) in [6.07, 6.45) is 5.26. The van der Waals surface area contributed by atoms with Gasteiger partial charge < -0.3 is 9.88 Å². The van der Waals surface area contributed by atoms with Gasteiger partial charge in [-0.2, -0.15) is 16.8 Å². The number of hydrogen-bond donors (Lipinski definition) is 1. The first-order valence-corrected chi connectivity index (χ1v) is 9.47. The van der Waals surface area contributed by atoms with E-state index < -0.39 is 0 Å². The van der Waals surface area contributed by atoms with Crippen LogP contribution in [0.15, 0.2) is 46.9 Å². The zero-order valence-corrected chi connectivity index (χ0v) is 14.4. The topological polar surface area (TPSA) is 29.3 Å². The number of rotatable bonds is 6. The predicted octanol–water partition coefficient (Wildman–Crippen LogP) is 3.13. The van der Waals surface area contributed by atoms with Gasteiger partial charge in [0, 0.05) is 24.7 Å². The summed E-state index contributed by atoms with van der Waals surface area (Å²) in [5.74, 6) is 1.14. The highest BCUT2D eigenvalue weighted by atomic mass is 32.2. The van der Waals surface area contributed by atoms with Crippen LogP contribution >= 0.6 is 35.3 Å². The molecule has 3 nitrogen and oxygen atoms in total. The van der Waals surface area contributed by atoms with Crippen LogP contribution in [0.5, 0.6) is 0 Å². The van der Waals surface area contributed by atoms with E-state index >= 15 is 0 Å². The number of nitrogens with one attached hydrogen (secondary N) is 1. The lowest BCUT2D eigenvalue weighted by atomic mass is 10.2. The van der Waals surface area contributed by atoms with E-state index in [1.807, 2.05) is 29.4 Å². The van der Waals surface area contributed by atoms with Crippen LogP contribution in [-0.4, -0.2) is 28.2 Å². The number of thiazole rings is 1. The van der Waals surface area contributed by atoms with E-state index in [-0.39, 0.29) is 0 Å². The largest absolute Gasteiger partial charge is 0.361 e. The van der Waals surface area contributed by atoms with Gasteiger partial charge in [-0.05, 0) is 36.2 Å². The van der Waals surface area contributed by atoms with Crippen LogP contribution in [0.2, 0.25) is 0 Å². The first-order chi connectivity index (χ1) is 10.3. The second-order valence-electron chi connectivity index (χ2n) is 4.49. The molecule has 21 heavy (non-hydrogen) atoms. The Labute approximate surface area is 139 Å². The number of aromatic nitrogens is 1. The number of thiocarbonyl (C=S) groups is 1. The minimum atomic E-state index is 0.570. The van der Waals surface area contributed by atoms with E-state index in [0.29, 0.717) is 5.11 Å². The highest BCUT2D eigenvalue weighted by Crippen LogP contribution is 2.01. The third kappa shape index (κ3) is 5.65. The smallest absolute Gasteiger partial charge is 0.195 e. The summed E-state index contributed by atoms with van der Waals surface area (Å²) in [6.45, 7) is 1.70. The Morgan fingerprint density at radius 1 is 1.38 bits per heavy atom. The van der Waals surface area contributed by atoms with Crippen LogP contribution < -0.4 is 10.1 Å². The molecule has 0 fully saturated rings. The Kier molecular flexibility index (Phi) is 6.99. The number of nitrogens with zero attached hydrogens (tertiary/aromatic N) is 2. The fraction of sp³-hybridized carbons (Fsp3) is 0.333. The molecule has 112 valence electrons. The van der Waals surface area contributed by atoms with E-state index in [0.717, 1.165) is 30.1 Å². The Morgan fingerprint density at radius 3 is 2.95 bits per heavy atom. The summed E-state index contributed by atoms with van der Waals surface area (Å²) >= 11 is 8.74. The van der Waals surface area contributed by atoms with Gasteiger partial charge in [-0.15, -0.1) is 11.3 Å². The molecule has 0 aliphatic heterocycles. The van der Waals surface area contributed by atoms with Crippen molar-refractivity contribution in [2.75, 3.05) is 18.6 Å². The first-order valence-electron chi connectivity index (χ1n) is 6.79. The molecule has 0 saturated carbocycles. The standard InChI is InChI=1S/C15H19N3S3/c1-20-10-5-8-16-14(19)17-15-18(9-11-21-15)12-13-6-3-2-4-7-13/h2-4,6-7,9,11H,5,8,10,12H2,1H3,(H,16,19). The van der Waals surface area contributed by atoms with Gasteiger partial charge >= 0.3 is 0 Å². The second-order valence-corrected chi connectivity index (χ2v) is 6.73. The van der Waals surface area contributed by atoms with Gasteiger partial charge in [0.05, 0.1) is 0 Å². The summed E-state index contributed by atoms with van der Waals surface area (Å²) in [6, 6.07) is 10.4. The molecule has 2 aromatic rings. The molecule has 0 radical (unpaired) electrons. The van der Waals surface area contributed by atoms with Crippen LogP contribution in [0.4, 0.5) is 0 Å². The number of thioether (sulfide) groups is 1. The summed E-state index contributed by atoms with van der Waals surface area (Å²) in [5.41, 5.74) is 1.26. The highest BCUT2D eigenvalue weighted by Gasteiger charge is 1.99. The molecule has 0 aliphatic carbocycles. The third-order valence-corrected chi connectivity index (χ3v) is 4.58. The second kappa shape index (κ2) is 9.02. The molecule has 0 atom stereocenters. The van der Waals surface area contributed by atoms with Crippen molar-refractivity contribution >= 4 is 40.4 Å². The van der Waals surface area contributed by atoms with Crippen molar-refractivity contribution in [1.82, 2.24) is 9.88 Å². The van der Waals surface area contributed by atoms with E-state index in [2.05, 4.69) is 45.4 Å². The average Bonchev–Trinajstić information content (AvgIpc) is 2.92. The maximum Gasteiger partial charge on any atom is 0.195 e. The van der Waals surface area contributed by atoms with E-state index in [4.69, 9.17) is 12.2 Å². The van der Waals surface area contributed by atoms with Crippen molar-refractivity contribution in [3.63, 3.8) is 0 Å². The Bertz CT molecular complexity index is 616. The SMILES string of the molecule is CSCCCNC(=S)N=c1sccn1Cc1ccccc1. The fourth-order valence-electron chi connectivity index (χ4n) is 1.83. The van der Waals surface area contributed by atoms with E-state index in [1.54, 1.807) is 11.3 Å². The first kappa shape index (κ1) is 16.3. The van der Waals surface area contributed by atoms with E-state index in [1.165, 1.54) is 5.56 Å². The van der Waals surface area contributed by atoms with Gasteiger partial charge in [-0.25, -0.2) is 0 Å². The number of benzene rings is 1. The van der Waals surface area contributed by atoms with Crippen molar-refractivity contribution in [3.8, 4) is 0 Å². The minimum Gasteiger partial charge on any atom is -0.361 e. The van der Waals surface area contributed by atoms with Crippen molar-refractivity contribution < 1.29 is 0 Å². The molecule has 1 aromatic heterocycles. The highest BCUT2D eigenvalue weighted by molar-refractivity contribution is 7.98. The third-order valence-electron chi connectivity index (χ3n) is 2.85. The zero-order valence-electron chi connectivity index (χ0n) is 12.0. The van der Waals surface area contributed by atoms with Crippen molar-refractivity contribution in [2.24, 2.45) is 4.99 Å². The molecule has 1 N–H and O–H groups in total. The molecule has 0 amide bonds. The Hall–Kier alpha value is -1.11. The van der Waals surface area contributed by atoms with Gasteiger partial charge in [0.25, 0.3) is 0 Å². The average molecular weight is 338 g/mol. The maximum atomic E-state index is 5.28. The van der Waals surface area contributed by atoms with Crippen molar-refractivity contribution in [3.05, 3.63) is 52.3 Å². The monoisotopic (exact) mass is 337 g/mol. The Balaban J connectivity index is 1.99. The van der Waals surface area contributed by atoms with Crippen molar-refractivity contribution in [1.29, 1.82) is 0 Å². The van der Waals surface area contributed by atoms with Gasteiger partial charge in [-0.3, -0.25) is 0 Å². The molecular formula is C15H19N3S3. The summed E-state index contributed by atoms with van der Waals surface area (Å²) in [4.78, 5) is 5.44.